The average molecular weight is 375 g/mol. The van der Waals surface area contributed by atoms with Crippen LogP contribution >= 0.6 is 0 Å². The van der Waals surface area contributed by atoms with Gasteiger partial charge in [0.15, 0.2) is 17.3 Å². The van der Waals surface area contributed by atoms with E-state index in [1.54, 1.807) is 6.07 Å². The van der Waals surface area contributed by atoms with Crippen LogP contribution in [0.2, 0.25) is 0 Å². The van der Waals surface area contributed by atoms with E-state index < -0.39 is 17.5 Å². The highest BCUT2D eigenvalue weighted by Crippen LogP contribution is 2.22. The topological polar surface area (TPSA) is 55.4 Å². The zero-order valence-electron chi connectivity index (χ0n) is 15.9. The van der Waals surface area contributed by atoms with Gasteiger partial charge in [-0.15, -0.1) is 0 Å². The molecule has 0 aromatic heterocycles. The zero-order chi connectivity index (χ0) is 20.1. The molecule has 1 N–H and O–H groups in total. The molecule has 2 rings (SSSR count). The Labute approximate surface area is 157 Å². The molecule has 2 aromatic carbocycles. The summed E-state index contributed by atoms with van der Waals surface area (Å²) in [5.74, 6) is -3.10. The van der Waals surface area contributed by atoms with Crippen molar-refractivity contribution in [2.75, 3.05) is 13.7 Å². The van der Waals surface area contributed by atoms with Crippen LogP contribution in [0.1, 0.15) is 39.5 Å². The number of carbonyl (C=O) groups excluding carboxylic acids is 2. The van der Waals surface area contributed by atoms with Crippen molar-refractivity contribution in [3.05, 3.63) is 63.7 Å². The average Bonchev–Trinajstić information content (AvgIpc) is 2.64. The van der Waals surface area contributed by atoms with Crippen molar-refractivity contribution in [1.82, 2.24) is 5.32 Å². The highest BCUT2D eigenvalue weighted by atomic mass is 19.2. The number of nitrogens with one attached hydrogen (secondary N) is 1. The van der Waals surface area contributed by atoms with E-state index in [9.17, 15) is 18.4 Å². The Hall–Kier alpha value is -2.76. The molecule has 0 spiro atoms. The standard InChI is InChI=1S/C21H23F2NO3/c1-5-15-13(3)12(2)6-7-16(15)18(25)11-24-20(26)10-14-8-17(22)21(23)19(9-14)27-4/h6-9H,5,10-11H2,1-4H3,(H,24,26). The molecular weight excluding hydrogens is 352 g/mol. The summed E-state index contributed by atoms with van der Waals surface area (Å²) in [5, 5.41) is 2.54. The third-order valence-corrected chi connectivity index (χ3v) is 4.61. The number of aryl methyl sites for hydroxylation is 1. The highest BCUT2D eigenvalue weighted by Gasteiger charge is 2.16. The molecule has 6 heteroatoms. The first-order valence-corrected chi connectivity index (χ1v) is 8.69. The first kappa shape index (κ1) is 20.6. The summed E-state index contributed by atoms with van der Waals surface area (Å²) in [7, 11) is 1.22. The third-order valence-electron chi connectivity index (χ3n) is 4.61. The van der Waals surface area contributed by atoms with Crippen molar-refractivity contribution in [3.8, 4) is 5.75 Å². The Morgan fingerprint density at radius 2 is 1.85 bits per heavy atom. The molecule has 0 aliphatic rings. The van der Waals surface area contributed by atoms with Crippen LogP contribution in [-0.2, 0) is 17.6 Å². The van der Waals surface area contributed by atoms with E-state index >= 15 is 0 Å². The monoisotopic (exact) mass is 375 g/mol. The van der Waals surface area contributed by atoms with Gasteiger partial charge in [-0.1, -0.05) is 19.1 Å². The van der Waals surface area contributed by atoms with E-state index in [2.05, 4.69) is 5.32 Å². The largest absolute Gasteiger partial charge is 0.494 e. The van der Waals surface area contributed by atoms with Crippen LogP contribution in [0.5, 0.6) is 5.75 Å². The number of methoxy groups -OCH3 is 1. The molecule has 1 amide bonds. The van der Waals surface area contributed by atoms with Crippen LogP contribution < -0.4 is 10.1 Å². The summed E-state index contributed by atoms with van der Waals surface area (Å²) in [6, 6.07) is 5.86. The summed E-state index contributed by atoms with van der Waals surface area (Å²) >= 11 is 0. The van der Waals surface area contributed by atoms with Crippen molar-refractivity contribution < 1.29 is 23.1 Å². The molecular formula is C21H23F2NO3. The molecule has 0 saturated heterocycles. The predicted octanol–water partition coefficient (Wildman–Crippen LogP) is 3.69. The lowest BCUT2D eigenvalue weighted by Gasteiger charge is -2.13. The number of amides is 1. The van der Waals surface area contributed by atoms with Gasteiger partial charge in [-0.25, -0.2) is 4.39 Å². The second-order valence-electron chi connectivity index (χ2n) is 6.36. The molecule has 27 heavy (non-hydrogen) atoms. The van der Waals surface area contributed by atoms with E-state index in [4.69, 9.17) is 4.74 Å². The number of benzene rings is 2. The van der Waals surface area contributed by atoms with Gasteiger partial charge in [-0.3, -0.25) is 9.59 Å². The molecule has 0 atom stereocenters. The number of halogens is 2. The Bertz CT molecular complexity index is 878. The van der Waals surface area contributed by atoms with E-state index in [0.29, 0.717) is 5.56 Å². The maximum absolute atomic E-state index is 13.5. The minimum absolute atomic E-state index is 0.158. The lowest BCUT2D eigenvalue weighted by Crippen LogP contribution is -2.31. The Kier molecular flexibility index (Phi) is 6.66. The van der Waals surface area contributed by atoms with Gasteiger partial charge in [0.05, 0.1) is 20.1 Å². The second-order valence-corrected chi connectivity index (χ2v) is 6.36. The number of Topliss-reactive ketones (excluding diaryl/α,β-unsaturated/α-hetero) is 1. The summed E-state index contributed by atoms with van der Waals surface area (Å²) in [6.45, 7) is 5.78. The van der Waals surface area contributed by atoms with Gasteiger partial charge in [0.1, 0.15) is 0 Å². The molecule has 144 valence electrons. The molecule has 0 bridgehead atoms. The summed E-state index contributed by atoms with van der Waals surface area (Å²) in [6.07, 6.45) is 0.533. The lowest BCUT2D eigenvalue weighted by molar-refractivity contribution is -0.120. The minimum atomic E-state index is -1.10. The van der Waals surface area contributed by atoms with Gasteiger partial charge in [0, 0.05) is 5.56 Å². The second kappa shape index (κ2) is 8.75. The van der Waals surface area contributed by atoms with Gasteiger partial charge in [0.2, 0.25) is 11.7 Å². The number of ether oxygens (including phenoxy) is 1. The summed E-state index contributed by atoms with van der Waals surface area (Å²) in [5.41, 5.74) is 4.01. The van der Waals surface area contributed by atoms with Crippen LogP contribution in [0.3, 0.4) is 0 Å². The number of ketones is 1. The smallest absolute Gasteiger partial charge is 0.224 e. The fourth-order valence-corrected chi connectivity index (χ4v) is 2.98. The molecule has 0 aliphatic heterocycles. The molecule has 2 aromatic rings. The van der Waals surface area contributed by atoms with Crippen molar-refractivity contribution in [2.45, 2.75) is 33.6 Å². The van der Waals surface area contributed by atoms with E-state index in [-0.39, 0.29) is 30.1 Å². The molecule has 0 fully saturated rings. The molecule has 0 saturated carbocycles. The first-order valence-electron chi connectivity index (χ1n) is 8.69. The summed E-state index contributed by atoms with van der Waals surface area (Å²) < 4.78 is 31.7. The van der Waals surface area contributed by atoms with Gasteiger partial charge in [0.25, 0.3) is 0 Å². The molecule has 0 unspecified atom stereocenters. The van der Waals surface area contributed by atoms with E-state index in [1.807, 2.05) is 26.8 Å². The van der Waals surface area contributed by atoms with Crippen molar-refractivity contribution >= 4 is 11.7 Å². The van der Waals surface area contributed by atoms with Gasteiger partial charge in [-0.2, -0.15) is 4.39 Å². The minimum Gasteiger partial charge on any atom is -0.494 e. The van der Waals surface area contributed by atoms with Gasteiger partial charge >= 0.3 is 0 Å². The summed E-state index contributed by atoms with van der Waals surface area (Å²) in [4.78, 5) is 24.6. The highest BCUT2D eigenvalue weighted by molar-refractivity contribution is 6.01. The lowest BCUT2D eigenvalue weighted by atomic mass is 9.93. The van der Waals surface area contributed by atoms with Crippen LogP contribution in [-0.4, -0.2) is 25.3 Å². The number of hydrogen-bond donors (Lipinski definition) is 1. The molecule has 0 aliphatic carbocycles. The Balaban J connectivity index is 2.05. The number of rotatable bonds is 7. The third kappa shape index (κ3) is 4.70. The Morgan fingerprint density at radius 1 is 1.15 bits per heavy atom. The maximum atomic E-state index is 13.5. The fourth-order valence-electron chi connectivity index (χ4n) is 2.98. The van der Waals surface area contributed by atoms with Crippen LogP contribution in [0.15, 0.2) is 24.3 Å². The fraction of sp³-hybridized carbons (Fsp3) is 0.333. The van der Waals surface area contributed by atoms with Crippen molar-refractivity contribution in [2.24, 2.45) is 0 Å². The number of carbonyl (C=O) groups is 2. The molecule has 0 heterocycles. The van der Waals surface area contributed by atoms with Crippen LogP contribution in [0.4, 0.5) is 8.78 Å². The van der Waals surface area contributed by atoms with E-state index in [0.717, 1.165) is 29.2 Å². The van der Waals surface area contributed by atoms with Crippen molar-refractivity contribution in [3.63, 3.8) is 0 Å². The maximum Gasteiger partial charge on any atom is 0.224 e. The number of hydrogen-bond acceptors (Lipinski definition) is 3. The Morgan fingerprint density at radius 3 is 2.48 bits per heavy atom. The van der Waals surface area contributed by atoms with E-state index in [1.165, 1.54) is 13.2 Å². The normalized spacial score (nSPS) is 10.6. The SMILES string of the molecule is CCc1c(C(=O)CNC(=O)Cc2cc(F)c(F)c(OC)c2)ccc(C)c1C. The van der Waals surface area contributed by atoms with Gasteiger partial charge < -0.3 is 10.1 Å². The zero-order valence-corrected chi connectivity index (χ0v) is 15.9. The first-order chi connectivity index (χ1) is 12.8. The van der Waals surface area contributed by atoms with Crippen LogP contribution in [0.25, 0.3) is 0 Å². The van der Waals surface area contributed by atoms with Crippen LogP contribution in [0, 0.1) is 25.5 Å². The quantitative estimate of drug-likeness (QED) is 0.751. The molecule has 4 nitrogen and oxygen atoms in total. The van der Waals surface area contributed by atoms with Crippen molar-refractivity contribution in [1.29, 1.82) is 0 Å². The molecule has 0 radical (unpaired) electrons. The predicted molar refractivity (Wildman–Crippen MR) is 99.2 cm³/mol. The van der Waals surface area contributed by atoms with Gasteiger partial charge in [-0.05, 0) is 54.7 Å².